The van der Waals surface area contributed by atoms with Crippen LogP contribution in [0.4, 0.5) is 5.69 Å². The lowest BCUT2D eigenvalue weighted by molar-refractivity contribution is -0.116. The fourth-order valence-electron chi connectivity index (χ4n) is 2.54. The van der Waals surface area contributed by atoms with Crippen molar-refractivity contribution in [3.63, 3.8) is 0 Å². The van der Waals surface area contributed by atoms with Crippen molar-refractivity contribution in [3.8, 4) is 0 Å². The van der Waals surface area contributed by atoms with Gasteiger partial charge in [0.1, 0.15) is 0 Å². The zero-order valence-electron chi connectivity index (χ0n) is 11.0. The number of thiophene rings is 2. The van der Waals surface area contributed by atoms with E-state index in [2.05, 4.69) is 5.32 Å². The SMILES string of the molecule is O=C1CCc2cc(C(=O)c3cc4sccc4s3)ccc2N1. The van der Waals surface area contributed by atoms with Gasteiger partial charge in [0, 0.05) is 27.1 Å². The van der Waals surface area contributed by atoms with Gasteiger partial charge in [0.25, 0.3) is 0 Å². The molecule has 2 aromatic heterocycles. The van der Waals surface area contributed by atoms with Gasteiger partial charge in [-0.05, 0) is 47.7 Å². The van der Waals surface area contributed by atoms with E-state index in [4.69, 9.17) is 0 Å². The average Bonchev–Trinajstić information content (AvgIpc) is 3.07. The predicted octanol–water partition coefficient (Wildman–Crippen LogP) is 4.08. The minimum Gasteiger partial charge on any atom is -0.326 e. The molecule has 0 aliphatic carbocycles. The Kier molecular flexibility index (Phi) is 2.90. The summed E-state index contributed by atoms with van der Waals surface area (Å²) >= 11 is 3.19. The van der Waals surface area contributed by atoms with Crippen LogP contribution in [0.5, 0.6) is 0 Å². The maximum absolute atomic E-state index is 12.6. The van der Waals surface area contributed by atoms with Crippen LogP contribution in [-0.4, -0.2) is 11.7 Å². The van der Waals surface area contributed by atoms with E-state index in [-0.39, 0.29) is 11.7 Å². The third kappa shape index (κ3) is 2.18. The van der Waals surface area contributed by atoms with E-state index in [1.807, 2.05) is 29.6 Å². The Balaban J connectivity index is 1.71. The molecule has 3 heterocycles. The van der Waals surface area contributed by atoms with Crippen molar-refractivity contribution in [3.05, 3.63) is 51.7 Å². The zero-order chi connectivity index (χ0) is 14.4. The van der Waals surface area contributed by atoms with E-state index in [0.717, 1.165) is 25.5 Å². The molecule has 1 aliphatic rings. The second-order valence-electron chi connectivity index (χ2n) is 5.01. The van der Waals surface area contributed by atoms with E-state index >= 15 is 0 Å². The molecule has 104 valence electrons. The van der Waals surface area contributed by atoms with Crippen molar-refractivity contribution in [2.45, 2.75) is 12.8 Å². The van der Waals surface area contributed by atoms with E-state index in [9.17, 15) is 9.59 Å². The highest BCUT2D eigenvalue weighted by molar-refractivity contribution is 7.28. The fourth-order valence-corrected chi connectivity index (χ4v) is 4.62. The van der Waals surface area contributed by atoms with Crippen LogP contribution in [-0.2, 0) is 11.2 Å². The minimum atomic E-state index is 0.0417. The van der Waals surface area contributed by atoms with E-state index in [1.165, 1.54) is 11.3 Å². The summed E-state index contributed by atoms with van der Waals surface area (Å²) in [6.45, 7) is 0. The van der Waals surface area contributed by atoms with Crippen LogP contribution in [0, 0.1) is 0 Å². The molecule has 1 amide bonds. The number of nitrogens with one attached hydrogen (secondary N) is 1. The van der Waals surface area contributed by atoms with Gasteiger partial charge < -0.3 is 5.32 Å². The number of anilines is 1. The number of ketones is 1. The summed E-state index contributed by atoms with van der Waals surface area (Å²) < 4.78 is 2.32. The van der Waals surface area contributed by atoms with Crippen molar-refractivity contribution in [1.82, 2.24) is 0 Å². The monoisotopic (exact) mass is 313 g/mol. The van der Waals surface area contributed by atoms with Crippen molar-refractivity contribution in [2.75, 3.05) is 5.32 Å². The van der Waals surface area contributed by atoms with Crippen LogP contribution in [0.1, 0.15) is 27.2 Å². The molecule has 0 spiro atoms. The topological polar surface area (TPSA) is 46.2 Å². The number of hydrogen-bond donors (Lipinski definition) is 1. The van der Waals surface area contributed by atoms with E-state index in [1.54, 1.807) is 17.4 Å². The Labute approximate surface area is 129 Å². The summed E-state index contributed by atoms with van der Waals surface area (Å²) in [4.78, 5) is 24.7. The van der Waals surface area contributed by atoms with E-state index < -0.39 is 0 Å². The molecule has 0 radical (unpaired) electrons. The predicted molar refractivity (Wildman–Crippen MR) is 86.5 cm³/mol. The van der Waals surface area contributed by atoms with Crippen LogP contribution < -0.4 is 5.32 Å². The molecule has 1 aliphatic heterocycles. The second-order valence-corrected chi connectivity index (χ2v) is 7.04. The molecular formula is C16H11NO2S2. The van der Waals surface area contributed by atoms with Gasteiger partial charge in [0.2, 0.25) is 11.7 Å². The highest BCUT2D eigenvalue weighted by atomic mass is 32.1. The maximum atomic E-state index is 12.6. The molecular weight excluding hydrogens is 302 g/mol. The van der Waals surface area contributed by atoms with Crippen molar-refractivity contribution in [1.29, 1.82) is 0 Å². The average molecular weight is 313 g/mol. The molecule has 0 fully saturated rings. The van der Waals surface area contributed by atoms with Crippen molar-refractivity contribution in [2.24, 2.45) is 0 Å². The normalized spacial score (nSPS) is 14.0. The first-order valence-corrected chi connectivity index (χ1v) is 8.35. The van der Waals surface area contributed by atoms with Crippen molar-refractivity contribution < 1.29 is 9.59 Å². The number of fused-ring (bicyclic) bond motifs is 2. The highest BCUT2D eigenvalue weighted by Gasteiger charge is 2.18. The summed E-state index contributed by atoms with van der Waals surface area (Å²) in [7, 11) is 0. The van der Waals surface area contributed by atoms with Gasteiger partial charge in [0.15, 0.2) is 0 Å². The Hall–Kier alpha value is -1.98. The molecule has 4 rings (SSSR count). The molecule has 3 nitrogen and oxygen atoms in total. The first-order valence-electron chi connectivity index (χ1n) is 6.65. The van der Waals surface area contributed by atoms with Gasteiger partial charge >= 0.3 is 0 Å². The molecule has 0 unspecified atom stereocenters. The Morgan fingerprint density at radius 3 is 2.86 bits per heavy atom. The lowest BCUT2D eigenvalue weighted by Crippen LogP contribution is -2.19. The molecule has 5 heteroatoms. The zero-order valence-corrected chi connectivity index (χ0v) is 12.6. The van der Waals surface area contributed by atoms with Gasteiger partial charge in [-0.2, -0.15) is 0 Å². The number of rotatable bonds is 2. The summed E-state index contributed by atoms with van der Waals surface area (Å²) in [6, 6.07) is 9.54. The molecule has 0 saturated carbocycles. The standard InChI is InChI=1S/C16H11NO2S2/c18-15-4-2-9-7-10(1-3-11(9)17-15)16(19)14-8-13-12(21-14)5-6-20-13/h1,3,5-8H,2,4H2,(H,17,18). The smallest absolute Gasteiger partial charge is 0.224 e. The maximum Gasteiger partial charge on any atom is 0.224 e. The second kappa shape index (κ2) is 4.79. The van der Waals surface area contributed by atoms with Gasteiger partial charge in [-0.15, -0.1) is 22.7 Å². The molecule has 0 saturated heterocycles. The molecule has 0 bridgehead atoms. The molecule has 0 atom stereocenters. The van der Waals surface area contributed by atoms with Gasteiger partial charge in [-0.1, -0.05) is 0 Å². The number of carbonyl (C=O) groups excluding carboxylic acids is 2. The van der Waals surface area contributed by atoms with Crippen LogP contribution in [0.25, 0.3) is 9.40 Å². The highest BCUT2D eigenvalue weighted by Crippen LogP contribution is 2.32. The van der Waals surface area contributed by atoms with E-state index in [0.29, 0.717) is 18.4 Å². The lowest BCUT2D eigenvalue weighted by Gasteiger charge is -2.17. The third-order valence-corrected chi connectivity index (χ3v) is 5.72. The summed E-state index contributed by atoms with van der Waals surface area (Å²) in [5.74, 6) is 0.100. The van der Waals surface area contributed by atoms with Crippen LogP contribution >= 0.6 is 22.7 Å². The van der Waals surface area contributed by atoms with Crippen molar-refractivity contribution >= 4 is 49.5 Å². The number of carbonyl (C=O) groups is 2. The number of hydrogen-bond acceptors (Lipinski definition) is 4. The van der Waals surface area contributed by atoms with Gasteiger partial charge in [0.05, 0.1) is 4.88 Å². The molecule has 3 aromatic rings. The number of amides is 1. The Bertz CT molecular complexity index is 847. The van der Waals surface area contributed by atoms with Crippen LogP contribution in [0.3, 0.4) is 0 Å². The van der Waals surface area contributed by atoms with Crippen LogP contribution in [0.2, 0.25) is 0 Å². The first kappa shape index (κ1) is 12.7. The lowest BCUT2D eigenvalue weighted by atomic mass is 9.98. The summed E-state index contributed by atoms with van der Waals surface area (Å²) in [5.41, 5.74) is 2.56. The third-order valence-electron chi connectivity index (χ3n) is 3.63. The Morgan fingerprint density at radius 2 is 2.00 bits per heavy atom. The largest absolute Gasteiger partial charge is 0.326 e. The first-order chi connectivity index (χ1) is 10.2. The summed E-state index contributed by atoms with van der Waals surface area (Å²) in [5, 5.41) is 4.88. The van der Waals surface area contributed by atoms with Gasteiger partial charge in [-0.3, -0.25) is 9.59 Å². The molecule has 1 N–H and O–H groups in total. The van der Waals surface area contributed by atoms with Gasteiger partial charge in [-0.25, -0.2) is 0 Å². The molecule has 1 aromatic carbocycles. The quantitative estimate of drug-likeness (QED) is 0.725. The van der Waals surface area contributed by atoms with Crippen LogP contribution in [0.15, 0.2) is 35.7 Å². The Morgan fingerprint density at radius 1 is 1.10 bits per heavy atom. The minimum absolute atomic E-state index is 0.0417. The summed E-state index contributed by atoms with van der Waals surface area (Å²) in [6.07, 6.45) is 1.18. The number of benzene rings is 1. The molecule has 21 heavy (non-hydrogen) atoms. The number of aryl methyl sites for hydroxylation is 1. The fraction of sp³-hybridized carbons (Fsp3) is 0.125.